The van der Waals surface area contributed by atoms with Crippen LogP contribution in [0.2, 0.25) is 0 Å². The fourth-order valence-corrected chi connectivity index (χ4v) is 5.10. The summed E-state index contributed by atoms with van der Waals surface area (Å²) in [6.45, 7) is 8.22. The summed E-state index contributed by atoms with van der Waals surface area (Å²) < 4.78 is 16.6. The van der Waals surface area contributed by atoms with Crippen molar-refractivity contribution in [2.75, 3.05) is 0 Å². The molecular weight excluding hydrogens is 455 g/mol. The average molecular weight is 493 g/mol. The third-order valence-electron chi connectivity index (χ3n) is 7.15. The maximum Gasteiger partial charge on any atom is 0.273 e. The van der Waals surface area contributed by atoms with E-state index in [-0.39, 0.29) is 17.6 Å². The topological polar surface area (TPSA) is 76.0 Å². The Labute approximate surface area is 212 Å². The van der Waals surface area contributed by atoms with E-state index in [4.69, 9.17) is 0 Å². The predicted octanol–water partition coefficient (Wildman–Crippen LogP) is 5.78. The minimum Gasteiger partial charge on any atom is -0.348 e. The Morgan fingerprint density at radius 2 is 1.72 bits per heavy atom. The van der Waals surface area contributed by atoms with Gasteiger partial charge in [-0.25, -0.2) is 4.39 Å². The normalized spacial score (nSPS) is 16.5. The van der Waals surface area contributed by atoms with Gasteiger partial charge in [-0.05, 0) is 42.7 Å². The fourth-order valence-electron chi connectivity index (χ4n) is 5.10. The van der Waals surface area contributed by atoms with E-state index >= 15 is 0 Å². The molecule has 0 spiro atoms. The lowest BCUT2D eigenvalue weighted by Crippen LogP contribution is -2.54. The summed E-state index contributed by atoms with van der Waals surface area (Å²) in [5.41, 5.74) is 0.927. The third-order valence-corrected chi connectivity index (χ3v) is 7.15. The van der Waals surface area contributed by atoms with E-state index in [1.807, 2.05) is 58.0 Å². The molecule has 2 amide bonds. The van der Waals surface area contributed by atoms with Gasteiger partial charge in [-0.3, -0.25) is 14.3 Å². The second-order valence-corrected chi connectivity index (χ2v) is 11.1. The molecule has 2 N–H and O–H groups in total. The van der Waals surface area contributed by atoms with E-state index in [1.54, 1.807) is 16.8 Å². The van der Waals surface area contributed by atoms with E-state index < -0.39 is 23.2 Å². The van der Waals surface area contributed by atoms with Crippen molar-refractivity contribution in [2.45, 2.75) is 78.4 Å². The molecule has 4 rings (SSSR count). The second-order valence-electron chi connectivity index (χ2n) is 11.1. The summed E-state index contributed by atoms with van der Waals surface area (Å²) in [4.78, 5) is 26.8. The SMILES string of the molecule is C[C@@H](NC(=O)[C@@H](NC(=O)c1nn(CC2CCCCC2)c2c(F)cccc12)C(C)(C)C)c1ccccc1. The zero-order valence-electron chi connectivity index (χ0n) is 21.7. The number of hydrogen-bond acceptors (Lipinski definition) is 3. The van der Waals surface area contributed by atoms with Gasteiger partial charge in [0.15, 0.2) is 5.69 Å². The molecule has 3 aromatic rings. The van der Waals surface area contributed by atoms with Crippen molar-refractivity contribution >= 4 is 22.7 Å². The number of halogens is 1. The van der Waals surface area contributed by atoms with Gasteiger partial charge in [-0.15, -0.1) is 0 Å². The van der Waals surface area contributed by atoms with E-state index in [1.165, 1.54) is 25.3 Å². The van der Waals surface area contributed by atoms with Crippen LogP contribution in [0.25, 0.3) is 10.9 Å². The zero-order valence-corrected chi connectivity index (χ0v) is 21.7. The van der Waals surface area contributed by atoms with E-state index in [0.717, 1.165) is 18.4 Å². The lowest BCUT2D eigenvalue weighted by Gasteiger charge is -2.31. The smallest absolute Gasteiger partial charge is 0.273 e. The molecule has 1 fully saturated rings. The summed E-state index contributed by atoms with van der Waals surface area (Å²) in [5, 5.41) is 11.0. The molecule has 0 saturated heterocycles. The Kier molecular flexibility index (Phi) is 7.76. The number of carbonyl (C=O) groups is 2. The van der Waals surface area contributed by atoms with Gasteiger partial charge in [-0.2, -0.15) is 5.10 Å². The molecule has 1 heterocycles. The highest BCUT2D eigenvalue weighted by Crippen LogP contribution is 2.29. The van der Waals surface area contributed by atoms with Crippen LogP contribution in [0, 0.1) is 17.2 Å². The first kappa shape index (κ1) is 25.9. The number of nitrogens with one attached hydrogen (secondary N) is 2. The van der Waals surface area contributed by atoms with Gasteiger partial charge < -0.3 is 10.6 Å². The van der Waals surface area contributed by atoms with Crippen molar-refractivity contribution in [3.63, 3.8) is 0 Å². The Hall–Kier alpha value is -3.22. The van der Waals surface area contributed by atoms with Crippen LogP contribution in [0.1, 0.15) is 81.9 Å². The Morgan fingerprint density at radius 1 is 1.03 bits per heavy atom. The van der Waals surface area contributed by atoms with Crippen LogP contribution in [0.3, 0.4) is 0 Å². The summed E-state index contributed by atoms with van der Waals surface area (Å²) in [6.07, 6.45) is 5.75. The summed E-state index contributed by atoms with van der Waals surface area (Å²) in [6, 6.07) is 13.4. The molecule has 1 saturated carbocycles. The van der Waals surface area contributed by atoms with Crippen molar-refractivity contribution in [1.29, 1.82) is 0 Å². The highest BCUT2D eigenvalue weighted by molar-refractivity contribution is 6.06. The monoisotopic (exact) mass is 492 g/mol. The highest BCUT2D eigenvalue weighted by Gasteiger charge is 2.35. The second kappa shape index (κ2) is 10.8. The molecule has 192 valence electrons. The summed E-state index contributed by atoms with van der Waals surface area (Å²) >= 11 is 0. The van der Waals surface area contributed by atoms with Crippen molar-refractivity contribution in [2.24, 2.45) is 11.3 Å². The number of carbonyl (C=O) groups excluding carboxylic acids is 2. The number of nitrogens with zero attached hydrogens (tertiary/aromatic N) is 2. The Bertz CT molecular complexity index is 1210. The number of benzene rings is 2. The molecule has 0 bridgehead atoms. The molecule has 2 aromatic carbocycles. The van der Waals surface area contributed by atoms with Gasteiger partial charge in [-0.1, -0.05) is 82.5 Å². The van der Waals surface area contributed by atoms with Gasteiger partial charge >= 0.3 is 0 Å². The van der Waals surface area contributed by atoms with Crippen molar-refractivity contribution in [3.05, 3.63) is 65.6 Å². The van der Waals surface area contributed by atoms with Gasteiger partial charge in [0.2, 0.25) is 5.91 Å². The number of hydrogen-bond donors (Lipinski definition) is 2. The van der Waals surface area contributed by atoms with Gasteiger partial charge in [0.05, 0.1) is 6.04 Å². The molecule has 6 nitrogen and oxygen atoms in total. The number of fused-ring (bicyclic) bond motifs is 1. The van der Waals surface area contributed by atoms with Crippen molar-refractivity contribution in [3.8, 4) is 0 Å². The first-order valence-corrected chi connectivity index (χ1v) is 13.0. The molecule has 0 radical (unpaired) electrons. The molecule has 7 heteroatoms. The molecular formula is C29H37FN4O2. The molecule has 1 aliphatic rings. The van der Waals surface area contributed by atoms with E-state index in [0.29, 0.717) is 23.4 Å². The zero-order chi connectivity index (χ0) is 25.9. The van der Waals surface area contributed by atoms with E-state index in [2.05, 4.69) is 15.7 Å². The lowest BCUT2D eigenvalue weighted by molar-refractivity contribution is -0.126. The van der Waals surface area contributed by atoms with Crippen LogP contribution in [0.15, 0.2) is 48.5 Å². The predicted molar refractivity (Wildman–Crippen MR) is 140 cm³/mol. The molecule has 1 aromatic heterocycles. The average Bonchev–Trinajstić information content (AvgIpc) is 3.22. The van der Waals surface area contributed by atoms with Gasteiger partial charge in [0, 0.05) is 11.9 Å². The lowest BCUT2D eigenvalue weighted by atomic mass is 9.85. The maximum atomic E-state index is 14.9. The summed E-state index contributed by atoms with van der Waals surface area (Å²) in [7, 11) is 0. The highest BCUT2D eigenvalue weighted by atomic mass is 19.1. The molecule has 0 aliphatic heterocycles. The standard InChI is InChI=1S/C29H37FN4O2/c1-19(21-14-9-6-10-15-21)31-28(36)26(29(2,3)4)32-27(35)24-22-16-11-17-23(30)25(22)34(33-24)18-20-12-7-5-8-13-20/h6,9-11,14-17,19-20,26H,5,7-8,12-13,18H2,1-4H3,(H,31,36)(H,32,35)/t19-,26-/m1/s1. The van der Waals surface area contributed by atoms with Crippen LogP contribution in [0.5, 0.6) is 0 Å². The fraction of sp³-hybridized carbons (Fsp3) is 0.483. The van der Waals surface area contributed by atoms with E-state index in [9.17, 15) is 14.0 Å². The number of para-hydroxylation sites is 1. The van der Waals surface area contributed by atoms with Crippen LogP contribution in [-0.4, -0.2) is 27.6 Å². The molecule has 0 unspecified atom stereocenters. The molecule has 1 aliphatic carbocycles. The van der Waals surface area contributed by atoms with Crippen molar-refractivity contribution < 1.29 is 14.0 Å². The van der Waals surface area contributed by atoms with Crippen molar-refractivity contribution in [1.82, 2.24) is 20.4 Å². The first-order chi connectivity index (χ1) is 17.1. The number of rotatable bonds is 7. The van der Waals surface area contributed by atoms with Crippen LogP contribution in [-0.2, 0) is 11.3 Å². The Morgan fingerprint density at radius 3 is 2.39 bits per heavy atom. The minimum atomic E-state index is -0.803. The van der Waals surface area contributed by atoms with Crippen LogP contribution in [0.4, 0.5) is 4.39 Å². The largest absolute Gasteiger partial charge is 0.348 e. The van der Waals surface area contributed by atoms with Crippen LogP contribution >= 0.6 is 0 Å². The Balaban J connectivity index is 1.58. The third kappa shape index (κ3) is 5.77. The maximum absolute atomic E-state index is 14.9. The van der Waals surface area contributed by atoms with Gasteiger partial charge in [0.25, 0.3) is 5.91 Å². The number of amides is 2. The molecule has 36 heavy (non-hydrogen) atoms. The summed E-state index contributed by atoms with van der Waals surface area (Å²) in [5.74, 6) is -0.721. The van der Waals surface area contributed by atoms with Crippen LogP contribution < -0.4 is 10.6 Å². The minimum absolute atomic E-state index is 0.151. The quantitative estimate of drug-likeness (QED) is 0.439. The van der Waals surface area contributed by atoms with Gasteiger partial charge in [0.1, 0.15) is 17.4 Å². The first-order valence-electron chi connectivity index (χ1n) is 13.0. The number of aromatic nitrogens is 2. The molecule has 2 atom stereocenters.